The van der Waals surface area contributed by atoms with Crippen LogP contribution in [0.1, 0.15) is 25.3 Å². The molecule has 0 aliphatic heterocycles. The summed E-state index contributed by atoms with van der Waals surface area (Å²) < 4.78 is 0. The van der Waals surface area contributed by atoms with Crippen LogP contribution in [0, 0.1) is 11.3 Å². The van der Waals surface area contributed by atoms with Crippen molar-refractivity contribution in [2.45, 2.75) is 25.8 Å². The highest BCUT2D eigenvalue weighted by molar-refractivity contribution is 5.86. The van der Waals surface area contributed by atoms with Gasteiger partial charge in [-0.25, -0.2) is 4.98 Å². The summed E-state index contributed by atoms with van der Waals surface area (Å²) in [6.07, 6.45) is 2.06. The van der Waals surface area contributed by atoms with Crippen LogP contribution in [0.25, 0.3) is 10.9 Å². The minimum Gasteiger partial charge on any atom is -0.366 e. The molecule has 0 amide bonds. The molecule has 0 aliphatic rings. The molecule has 0 bridgehead atoms. The number of pyridine rings is 1. The van der Waals surface area contributed by atoms with Crippen LogP contribution in [0.4, 0.5) is 5.82 Å². The standard InChI is InChI=1S/C15H18N4/c1-2-5-12(10-17)18-15-8-11(9-16)13-6-3-4-7-14(13)19-15/h3-4,6-8,12H,2,5,10,17H2,1H3,(H,18,19). The number of benzene rings is 1. The van der Waals surface area contributed by atoms with E-state index in [0.29, 0.717) is 12.1 Å². The molecule has 1 unspecified atom stereocenters. The van der Waals surface area contributed by atoms with Crippen LogP contribution >= 0.6 is 0 Å². The minimum atomic E-state index is 0.199. The van der Waals surface area contributed by atoms with E-state index in [9.17, 15) is 5.26 Å². The first-order chi connectivity index (χ1) is 9.28. The summed E-state index contributed by atoms with van der Waals surface area (Å²) in [4.78, 5) is 4.54. The third-order valence-corrected chi connectivity index (χ3v) is 3.11. The third kappa shape index (κ3) is 3.01. The van der Waals surface area contributed by atoms with Crippen molar-refractivity contribution in [2.75, 3.05) is 11.9 Å². The van der Waals surface area contributed by atoms with Crippen molar-refractivity contribution in [1.29, 1.82) is 5.26 Å². The summed E-state index contributed by atoms with van der Waals surface area (Å²) >= 11 is 0. The van der Waals surface area contributed by atoms with Gasteiger partial charge in [-0.1, -0.05) is 31.5 Å². The summed E-state index contributed by atoms with van der Waals surface area (Å²) in [5, 5.41) is 13.4. The second-order valence-electron chi connectivity index (χ2n) is 4.55. The smallest absolute Gasteiger partial charge is 0.128 e. The predicted octanol–water partition coefficient (Wildman–Crippen LogP) is 2.65. The van der Waals surface area contributed by atoms with E-state index in [1.165, 1.54) is 0 Å². The Labute approximate surface area is 113 Å². The molecule has 0 saturated heterocycles. The molecule has 1 aromatic carbocycles. The van der Waals surface area contributed by atoms with E-state index in [4.69, 9.17) is 5.73 Å². The lowest BCUT2D eigenvalue weighted by molar-refractivity contribution is 0.646. The van der Waals surface area contributed by atoms with E-state index in [-0.39, 0.29) is 6.04 Å². The average Bonchev–Trinajstić information content (AvgIpc) is 2.45. The van der Waals surface area contributed by atoms with Gasteiger partial charge in [-0.15, -0.1) is 0 Å². The van der Waals surface area contributed by atoms with Crippen LogP contribution in [0.3, 0.4) is 0 Å². The second kappa shape index (κ2) is 6.17. The zero-order valence-electron chi connectivity index (χ0n) is 11.1. The van der Waals surface area contributed by atoms with Gasteiger partial charge in [0.15, 0.2) is 0 Å². The maximum Gasteiger partial charge on any atom is 0.128 e. The van der Waals surface area contributed by atoms with Gasteiger partial charge in [-0.2, -0.15) is 5.26 Å². The molecule has 0 fully saturated rings. The van der Waals surface area contributed by atoms with Crippen molar-refractivity contribution in [3.05, 3.63) is 35.9 Å². The van der Waals surface area contributed by atoms with Crippen molar-refractivity contribution < 1.29 is 0 Å². The molecule has 4 heteroatoms. The highest BCUT2D eigenvalue weighted by atomic mass is 15.0. The largest absolute Gasteiger partial charge is 0.366 e. The Kier molecular flexibility index (Phi) is 4.32. The summed E-state index contributed by atoms with van der Waals surface area (Å²) in [6.45, 7) is 2.68. The molecule has 0 radical (unpaired) electrons. The number of nitrogens with zero attached hydrogens (tertiary/aromatic N) is 2. The van der Waals surface area contributed by atoms with Gasteiger partial charge in [0.25, 0.3) is 0 Å². The Balaban J connectivity index is 2.37. The van der Waals surface area contributed by atoms with Crippen LogP contribution in [-0.2, 0) is 0 Å². The predicted molar refractivity (Wildman–Crippen MR) is 77.8 cm³/mol. The van der Waals surface area contributed by atoms with E-state index in [1.807, 2.05) is 24.3 Å². The molecule has 3 N–H and O–H groups in total. The number of nitrogens with one attached hydrogen (secondary N) is 1. The Morgan fingerprint density at radius 3 is 2.89 bits per heavy atom. The Morgan fingerprint density at radius 1 is 1.42 bits per heavy atom. The van der Waals surface area contributed by atoms with Crippen LogP contribution in [0.15, 0.2) is 30.3 Å². The molecule has 0 aliphatic carbocycles. The topological polar surface area (TPSA) is 74.7 Å². The van der Waals surface area contributed by atoms with Gasteiger partial charge in [0.1, 0.15) is 5.82 Å². The number of nitriles is 1. The summed E-state index contributed by atoms with van der Waals surface area (Å²) in [6, 6.07) is 11.9. The Morgan fingerprint density at radius 2 is 2.21 bits per heavy atom. The summed E-state index contributed by atoms with van der Waals surface area (Å²) in [7, 11) is 0. The fourth-order valence-electron chi connectivity index (χ4n) is 2.15. The van der Waals surface area contributed by atoms with E-state index >= 15 is 0 Å². The molecule has 98 valence electrons. The number of aromatic nitrogens is 1. The van der Waals surface area contributed by atoms with Crippen molar-refractivity contribution >= 4 is 16.7 Å². The lowest BCUT2D eigenvalue weighted by atomic mass is 10.1. The van der Waals surface area contributed by atoms with Crippen LogP contribution in [0.2, 0.25) is 0 Å². The number of rotatable bonds is 5. The molecule has 19 heavy (non-hydrogen) atoms. The van der Waals surface area contributed by atoms with Gasteiger partial charge in [0, 0.05) is 18.0 Å². The average molecular weight is 254 g/mol. The van der Waals surface area contributed by atoms with Crippen molar-refractivity contribution in [3.63, 3.8) is 0 Å². The summed E-state index contributed by atoms with van der Waals surface area (Å²) in [5.41, 5.74) is 7.20. The van der Waals surface area contributed by atoms with E-state index in [0.717, 1.165) is 29.6 Å². The van der Waals surface area contributed by atoms with Crippen LogP contribution in [-0.4, -0.2) is 17.6 Å². The van der Waals surface area contributed by atoms with Gasteiger partial charge >= 0.3 is 0 Å². The fourth-order valence-corrected chi connectivity index (χ4v) is 2.15. The molecule has 2 rings (SSSR count). The van der Waals surface area contributed by atoms with Gasteiger partial charge in [-0.3, -0.25) is 0 Å². The van der Waals surface area contributed by atoms with Crippen LogP contribution in [0.5, 0.6) is 0 Å². The minimum absolute atomic E-state index is 0.199. The lowest BCUT2D eigenvalue weighted by Crippen LogP contribution is -2.29. The van der Waals surface area contributed by atoms with Crippen molar-refractivity contribution in [2.24, 2.45) is 5.73 Å². The van der Waals surface area contributed by atoms with Gasteiger partial charge in [0.2, 0.25) is 0 Å². The number of anilines is 1. The number of hydrogen-bond donors (Lipinski definition) is 2. The molecule has 1 aromatic heterocycles. The first-order valence-corrected chi connectivity index (χ1v) is 6.55. The lowest BCUT2D eigenvalue weighted by Gasteiger charge is -2.17. The first kappa shape index (κ1) is 13.3. The third-order valence-electron chi connectivity index (χ3n) is 3.11. The fraction of sp³-hybridized carbons (Fsp3) is 0.333. The van der Waals surface area contributed by atoms with Gasteiger partial charge < -0.3 is 11.1 Å². The van der Waals surface area contributed by atoms with E-state index in [2.05, 4.69) is 23.3 Å². The van der Waals surface area contributed by atoms with Crippen molar-refractivity contribution in [1.82, 2.24) is 4.98 Å². The zero-order valence-corrected chi connectivity index (χ0v) is 11.1. The van der Waals surface area contributed by atoms with E-state index in [1.54, 1.807) is 6.07 Å². The normalized spacial score (nSPS) is 12.1. The maximum atomic E-state index is 9.22. The first-order valence-electron chi connectivity index (χ1n) is 6.55. The van der Waals surface area contributed by atoms with Gasteiger partial charge in [0.05, 0.1) is 17.1 Å². The monoisotopic (exact) mass is 254 g/mol. The Bertz CT molecular complexity index is 601. The second-order valence-corrected chi connectivity index (χ2v) is 4.55. The molecular weight excluding hydrogens is 236 g/mol. The van der Waals surface area contributed by atoms with Crippen molar-refractivity contribution in [3.8, 4) is 6.07 Å². The molecule has 1 heterocycles. The molecule has 0 spiro atoms. The SMILES string of the molecule is CCCC(CN)Nc1cc(C#N)c2ccccc2n1. The van der Waals surface area contributed by atoms with Gasteiger partial charge in [-0.05, 0) is 18.6 Å². The highest BCUT2D eigenvalue weighted by Gasteiger charge is 2.09. The number of fused-ring (bicyclic) bond motifs is 1. The Hall–Kier alpha value is -2.12. The molecule has 4 nitrogen and oxygen atoms in total. The number of hydrogen-bond acceptors (Lipinski definition) is 4. The maximum absolute atomic E-state index is 9.22. The number of para-hydroxylation sites is 1. The molecule has 2 aromatic rings. The molecule has 1 atom stereocenters. The zero-order chi connectivity index (χ0) is 13.7. The molecule has 0 saturated carbocycles. The molecular formula is C15H18N4. The highest BCUT2D eigenvalue weighted by Crippen LogP contribution is 2.20. The number of nitrogens with two attached hydrogens (primary N) is 1. The summed E-state index contributed by atoms with van der Waals surface area (Å²) in [5.74, 6) is 0.721. The van der Waals surface area contributed by atoms with Crippen LogP contribution < -0.4 is 11.1 Å². The quantitative estimate of drug-likeness (QED) is 0.860. The van der Waals surface area contributed by atoms with E-state index < -0.39 is 0 Å².